The Balaban J connectivity index is 1.78. The van der Waals surface area contributed by atoms with Crippen molar-refractivity contribution in [1.29, 1.82) is 0 Å². The van der Waals surface area contributed by atoms with E-state index in [2.05, 4.69) is 4.98 Å². The van der Waals surface area contributed by atoms with Crippen molar-refractivity contribution >= 4 is 0 Å². The lowest BCUT2D eigenvalue weighted by molar-refractivity contribution is -0.162. The molecule has 0 radical (unpaired) electrons. The van der Waals surface area contributed by atoms with E-state index in [0.29, 0.717) is 19.0 Å². The van der Waals surface area contributed by atoms with Gasteiger partial charge in [-0.2, -0.15) is 13.2 Å². The van der Waals surface area contributed by atoms with E-state index < -0.39 is 12.7 Å². The first-order valence-corrected chi connectivity index (χ1v) is 5.32. The second kappa shape index (κ2) is 4.52. The fourth-order valence-corrected chi connectivity index (χ4v) is 1.73. The molecule has 0 amide bonds. The van der Waals surface area contributed by atoms with Crippen LogP contribution in [0, 0.1) is 6.92 Å². The number of nitrogens with zero attached hydrogens (tertiary/aromatic N) is 2. The van der Waals surface area contributed by atoms with Gasteiger partial charge in [0.15, 0.2) is 0 Å². The van der Waals surface area contributed by atoms with Gasteiger partial charge in [-0.25, -0.2) is 4.98 Å². The summed E-state index contributed by atoms with van der Waals surface area (Å²) in [7, 11) is 0. The number of aryl methyl sites for hydroxylation is 1. The molecule has 2 heterocycles. The molecule has 0 N–H and O–H groups in total. The highest BCUT2D eigenvalue weighted by atomic mass is 19.4. The molecule has 1 fully saturated rings. The second-order valence-electron chi connectivity index (χ2n) is 4.17. The van der Waals surface area contributed by atoms with Crippen LogP contribution in [0.15, 0.2) is 18.2 Å². The standard InChI is InChI=1S/C11H13F3N2O/c1-8-3-2-4-10(15-8)17-9-5-16(6-9)7-11(12,13)14/h2-4,9H,5-7H2,1H3. The molecular formula is C11H13F3N2O. The maximum absolute atomic E-state index is 12.0. The molecule has 1 aliphatic rings. The molecule has 17 heavy (non-hydrogen) atoms. The van der Waals surface area contributed by atoms with Gasteiger partial charge in [0.2, 0.25) is 5.88 Å². The first-order valence-electron chi connectivity index (χ1n) is 5.32. The Morgan fingerprint density at radius 2 is 2.12 bits per heavy atom. The van der Waals surface area contributed by atoms with Crippen LogP contribution < -0.4 is 4.74 Å². The van der Waals surface area contributed by atoms with Gasteiger partial charge < -0.3 is 4.74 Å². The van der Waals surface area contributed by atoms with E-state index in [9.17, 15) is 13.2 Å². The van der Waals surface area contributed by atoms with E-state index in [1.165, 1.54) is 4.90 Å². The Labute approximate surface area is 97.2 Å². The Hall–Kier alpha value is -1.30. The van der Waals surface area contributed by atoms with Gasteiger partial charge in [-0.1, -0.05) is 6.07 Å². The van der Waals surface area contributed by atoms with Crippen LogP contribution >= 0.6 is 0 Å². The summed E-state index contributed by atoms with van der Waals surface area (Å²) in [6, 6.07) is 5.35. The zero-order valence-electron chi connectivity index (χ0n) is 9.37. The van der Waals surface area contributed by atoms with Crippen molar-refractivity contribution < 1.29 is 17.9 Å². The third kappa shape index (κ3) is 3.59. The number of aromatic nitrogens is 1. The Morgan fingerprint density at radius 3 is 2.71 bits per heavy atom. The molecule has 0 unspecified atom stereocenters. The predicted octanol–water partition coefficient (Wildman–Crippen LogP) is 2.02. The zero-order chi connectivity index (χ0) is 12.5. The molecule has 1 aromatic heterocycles. The minimum absolute atomic E-state index is 0.188. The number of alkyl halides is 3. The lowest BCUT2D eigenvalue weighted by Crippen LogP contribution is -2.56. The molecule has 0 aromatic carbocycles. The molecule has 1 aromatic rings. The lowest BCUT2D eigenvalue weighted by atomic mass is 10.1. The number of ether oxygens (including phenoxy) is 1. The van der Waals surface area contributed by atoms with E-state index in [-0.39, 0.29) is 6.10 Å². The highest BCUT2D eigenvalue weighted by Crippen LogP contribution is 2.22. The summed E-state index contributed by atoms with van der Waals surface area (Å²) in [5.41, 5.74) is 0.828. The van der Waals surface area contributed by atoms with Crippen LogP contribution in [0.2, 0.25) is 0 Å². The van der Waals surface area contributed by atoms with Gasteiger partial charge in [-0.3, -0.25) is 4.90 Å². The monoisotopic (exact) mass is 246 g/mol. The van der Waals surface area contributed by atoms with E-state index in [1.807, 2.05) is 19.1 Å². The minimum Gasteiger partial charge on any atom is -0.472 e. The number of rotatable bonds is 3. The fraction of sp³-hybridized carbons (Fsp3) is 0.545. The van der Waals surface area contributed by atoms with Crippen molar-refractivity contribution in [2.75, 3.05) is 19.6 Å². The van der Waals surface area contributed by atoms with Crippen LogP contribution in [0.4, 0.5) is 13.2 Å². The maximum atomic E-state index is 12.0. The number of hydrogen-bond acceptors (Lipinski definition) is 3. The van der Waals surface area contributed by atoms with E-state index in [4.69, 9.17) is 4.74 Å². The molecule has 1 aliphatic heterocycles. The van der Waals surface area contributed by atoms with Crippen LogP contribution in [0.25, 0.3) is 0 Å². The SMILES string of the molecule is Cc1cccc(OC2CN(CC(F)(F)F)C2)n1. The van der Waals surface area contributed by atoms with Crippen LogP contribution in [0.1, 0.15) is 5.69 Å². The van der Waals surface area contributed by atoms with Crippen LogP contribution in [-0.4, -0.2) is 41.8 Å². The molecular weight excluding hydrogens is 233 g/mol. The second-order valence-corrected chi connectivity index (χ2v) is 4.17. The largest absolute Gasteiger partial charge is 0.472 e. The molecule has 0 atom stereocenters. The molecule has 0 spiro atoms. The zero-order valence-corrected chi connectivity index (χ0v) is 9.37. The predicted molar refractivity (Wildman–Crippen MR) is 55.9 cm³/mol. The summed E-state index contributed by atoms with van der Waals surface area (Å²) in [6.45, 7) is 1.57. The van der Waals surface area contributed by atoms with Crippen molar-refractivity contribution in [3.8, 4) is 5.88 Å². The maximum Gasteiger partial charge on any atom is 0.401 e. The number of likely N-dealkylation sites (tertiary alicyclic amines) is 1. The molecule has 6 heteroatoms. The number of hydrogen-bond donors (Lipinski definition) is 0. The quantitative estimate of drug-likeness (QED) is 0.815. The van der Waals surface area contributed by atoms with Crippen LogP contribution in [-0.2, 0) is 0 Å². The van der Waals surface area contributed by atoms with Crippen molar-refractivity contribution in [3.05, 3.63) is 23.9 Å². The molecule has 94 valence electrons. The van der Waals surface area contributed by atoms with Gasteiger partial charge in [0.25, 0.3) is 0 Å². The van der Waals surface area contributed by atoms with Gasteiger partial charge in [0, 0.05) is 24.8 Å². The van der Waals surface area contributed by atoms with E-state index >= 15 is 0 Å². The topological polar surface area (TPSA) is 25.4 Å². The van der Waals surface area contributed by atoms with Crippen molar-refractivity contribution in [2.24, 2.45) is 0 Å². The Morgan fingerprint density at radius 1 is 1.41 bits per heavy atom. The molecule has 0 bridgehead atoms. The summed E-state index contributed by atoms with van der Waals surface area (Å²) < 4.78 is 41.6. The van der Waals surface area contributed by atoms with Crippen molar-refractivity contribution in [2.45, 2.75) is 19.2 Å². The fourth-order valence-electron chi connectivity index (χ4n) is 1.73. The minimum atomic E-state index is -4.13. The summed E-state index contributed by atoms with van der Waals surface area (Å²) in [4.78, 5) is 5.44. The van der Waals surface area contributed by atoms with E-state index in [0.717, 1.165) is 5.69 Å². The van der Waals surface area contributed by atoms with Gasteiger partial charge >= 0.3 is 6.18 Å². The number of halogens is 3. The van der Waals surface area contributed by atoms with Gasteiger partial charge in [-0.15, -0.1) is 0 Å². The lowest BCUT2D eigenvalue weighted by Gasteiger charge is -2.38. The number of pyridine rings is 1. The molecule has 3 nitrogen and oxygen atoms in total. The molecule has 0 aliphatic carbocycles. The van der Waals surface area contributed by atoms with Crippen LogP contribution in [0.5, 0.6) is 5.88 Å². The first kappa shape index (κ1) is 12.2. The van der Waals surface area contributed by atoms with Gasteiger partial charge in [0.05, 0.1) is 6.54 Å². The highest BCUT2D eigenvalue weighted by molar-refractivity contribution is 5.15. The summed E-state index contributed by atoms with van der Waals surface area (Å²) in [6.07, 6.45) is -4.32. The van der Waals surface area contributed by atoms with Crippen LogP contribution in [0.3, 0.4) is 0 Å². The summed E-state index contributed by atoms with van der Waals surface area (Å²) >= 11 is 0. The third-order valence-electron chi connectivity index (χ3n) is 2.48. The van der Waals surface area contributed by atoms with Crippen molar-refractivity contribution in [1.82, 2.24) is 9.88 Å². The van der Waals surface area contributed by atoms with Gasteiger partial charge in [0.1, 0.15) is 6.10 Å². The Bertz CT molecular complexity index is 389. The van der Waals surface area contributed by atoms with Gasteiger partial charge in [-0.05, 0) is 13.0 Å². The Kier molecular flexibility index (Phi) is 3.24. The first-order chi connectivity index (χ1) is 7.92. The van der Waals surface area contributed by atoms with Crippen molar-refractivity contribution in [3.63, 3.8) is 0 Å². The molecule has 0 saturated carbocycles. The summed E-state index contributed by atoms with van der Waals surface area (Å²) in [5, 5.41) is 0. The molecule has 1 saturated heterocycles. The average molecular weight is 246 g/mol. The molecule has 2 rings (SSSR count). The summed E-state index contributed by atoms with van der Waals surface area (Å²) in [5.74, 6) is 0.474. The van der Waals surface area contributed by atoms with E-state index in [1.54, 1.807) is 6.07 Å². The highest BCUT2D eigenvalue weighted by Gasteiger charge is 2.38. The third-order valence-corrected chi connectivity index (χ3v) is 2.48. The smallest absolute Gasteiger partial charge is 0.401 e. The average Bonchev–Trinajstić information content (AvgIpc) is 2.12. The normalized spacial score (nSPS) is 17.9.